The van der Waals surface area contributed by atoms with Gasteiger partial charge in [0.1, 0.15) is 0 Å². The summed E-state index contributed by atoms with van der Waals surface area (Å²) in [5.74, 6) is 0.756. The highest BCUT2D eigenvalue weighted by atomic mass is 32.2. The Morgan fingerprint density at radius 3 is 2.03 bits per heavy atom. The largest absolute Gasteiger partial charge is 0.462 e. The Morgan fingerprint density at radius 1 is 0.935 bits per heavy atom. The molecule has 0 aliphatic carbocycles. The number of esters is 1. The zero-order chi connectivity index (χ0) is 22.7. The molecule has 0 saturated carbocycles. The van der Waals surface area contributed by atoms with Gasteiger partial charge < -0.3 is 4.74 Å². The first kappa shape index (κ1) is 25.0. The standard InChI is InChI=1S/C25H30O4S2/c1-20(2)25(26)29-18-6-4-5-7-19-30-23-14-10-21(11-15-23)8-9-22-12-16-24(17-13-22)31(3,27)28/h8-17H,1,4-7,18-19H2,2-3H3. The van der Waals surface area contributed by atoms with Gasteiger partial charge in [0.05, 0.1) is 11.5 Å². The summed E-state index contributed by atoms with van der Waals surface area (Å²) >= 11 is 1.84. The first-order valence-corrected chi connectivity index (χ1v) is 13.2. The van der Waals surface area contributed by atoms with Crippen LogP contribution in [0.4, 0.5) is 0 Å². The van der Waals surface area contributed by atoms with Gasteiger partial charge in [0, 0.05) is 16.7 Å². The van der Waals surface area contributed by atoms with E-state index in [9.17, 15) is 13.2 Å². The molecule has 0 saturated heterocycles. The Hall–Kier alpha value is -2.31. The molecule has 0 spiro atoms. The molecule has 2 aromatic rings. The second-order valence-electron chi connectivity index (χ2n) is 7.42. The van der Waals surface area contributed by atoms with Crippen molar-refractivity contribution in [3.8, 4) is 0 Å². The van der Waals surface area contributed by atoms with Crippen molar-refractivity contribution < 1.29 is 17.9 Å². The molecule has 0 N–H and O–H groups in total. The first-order chi connectivity index (χ1) is 14.8. The average molecular weight is 459 g/mol. The SMILES string of the molecule is C=C(C)C(=O)OCCCCCCSc1ccc(C=Cc2ccc(S(C)(=O)=O)cc2)cc1. The number of carbonyl (C=O) groups excluding carboxylic acids is 1. The molecule has 0 aliphatic rings. The van der Waals surface area contributed by atoms with E-state index in [2.05, 4.69) is 30.8 Å². The Kier molecular flexibility index (Phi) is 10.1. The maximum atomic E-state index is 11.5. The molecule has 6 heteroatoms. The molecular weight excluding hydrogens is 428 g/mol. The quantitative estimate of drug-likeness (QED) is 0.128. The third-order valence-electron chi connectivity index (χ3n) is 4.55. The van der Waals surface area contributed by atoms with E-state index in [1.807, 2.05) is 36.0 Å². The zero-order valence-corrected chi connectivity index (χ0v) is 19.8. The minimum Gasteiger partial charge on any atom is -0.462 e. The number of unbranched alkanes of at least 4 members (excludes halogenated alkanes) is 3. The van der Waals surface area contributed by atoms with Gasteiger partial charge in [-0.3, -0.25) is 0 Å². The summed E-state index contributed by atoms with van der Waals surface area (Å²) in [6.45, 7) is 5.69. The normalized spacial score (nSPS) is 11.5. The van der Waals surface area contributed by atoms with Gasteiger partial charge in [0.2, 0.25) is 0 Å². The molecule has 0 heterocycles. The molecule has 31 heavy (non-hydrogen) atoms. The summed E-state index contributed by atoms with van der Waals surface area (Å²) in [6.07, 6.45) is 9.40. The summed E-state index contributed by atoms with van der Waals surface area (Å²) < 4.78 is 28.1. The molecule has 0 amide bonds. The molecular formula is C25H30O4S2. The lowest BCUT2D eigenvalue weighted by atomic mass is 10.1. The molecule has 4 nitrogen and oxygen atoms in total. The smallest absolute Gasteiger partial charge is 0.333 e. The van der Waals surface area contributed by atoms with E-state index in [4.69, 9.17) is 4.74 Å². The van der Waals surface area contributed by atoms with Crippen LogP contribution in [0.2, 0.25) is 0 Å². The molecule has 0 fully saturated rings. The Morgan fingerprint density at radius 2 is 1.48 bits per heavy atom. The van der Waals surface area contributed by atoms with Gasteiger partial charge in [-0.25, -0.2) is 13.2 Å². The van der Waals surface area contributed by atoms with E-state index in [1.165, 1.54) is 11.2 Å². The van der Waals surface area contributed by atoms with Gasteiger partial charge in [-0.05, 0) is 60.9 Å². The van der Waals surface area contributed by atoms with Crippen LogP contribution in [0.5, 0.6) is 0 Å². The summed E-state index contributed by atoms with van der Waals surface area (Å²) in [7, 11) is -3.16. The molecule has 0 atom stereocenters. The van der Waals surface area contributed by atoms with Crippen LogP contribution < -0.4 is 0 Å². The maximum absolute atomic E-state index is 11.5. The number of rotatable bonds is 12. The number of carbonyl (C=O) groups is 1. The van der Waals surface area contributed by atoms with Crippen LogP contribution in [-0.4, -0.2) is 33.0 Å². The van der Waals surface area contributed by atoms with Gasteiger partial charge >= 0.3 is 5.97 Å². The number of ether oxygens (including phenoxy) is 1. The Labute approximate surface area is 190 Å². The number of hydrogen-bond acceptors (Lipinski definition) is 5. The van der Waals surface area contributed by atoms with Gasteiger partial charge in [-0.1, -0.05) is 55.8 Å². The van der Waals surface area contributed by atoms with E-state index in [-0.39, 0.29) is 5.97 Å². The fraction of sp³-hybridized carbons (Fsp3) is 0.320. The average Bonchev–Trinajstić information content (AvgIpc) is 2.74. The predicted molar refractivity (Wildman–Crippen MR) is 130 cm³/mol. The van der Waals surface area contributed by atoms with E-state index in [0.717, 1.165) is 42.6 Å². The van der Waals surface area contributed by atoms with Crippen LogP contribution in [0, 0.1) is 0 Å². The lowest BCUT2D eigenvalue weighted by Gasteiger charge is -2.05. The van der Waals surface area contributed by atoms with Crippen molar-refractivity contribution >= 4 is 39.7 Å². The summed E-state index contributed by atoms with van der Waals surface area (Å²) in [4.78, 5) is 12.8. The Bertz CT molecular complexity index is 989. The summed E-state index contributed by atoms with van der Waals surface area (Å²) in [6, 6.07) is 15.3. The van der Waals surface area contributed by atoms with Crippen molar-refractivity contribution in [3.63, 3.8) is 0 Å². The van der Waals surface area contributed by atoms with E-state index < -0.39 is 9.84 Å². The molecule has 2 aromatic carbocycles. The minimum absolute atomic E-state index is 0.307. The van der Waals surface area contributed by atoms with Crippen molar-refractivity contribution in [1.82, 2.24) is 0 Å². The summed E-state index contributed by atoms with van der Waals surface area (Å²) in [5, 5.41) is 0. The van der Waals surface area contributed by atoms with Crippen molar-refractivity contribution in [1.29, 1.82) is 0 Å². The van der Waals surface area contributed by atoms with Crippen LogP contribution in [0.25, 0.3) is 12.2 Å². The topological polar surface area (TPSA) is 60.4 Å². The Balaban J connectivity index is 1.67. The van der Waals surface area contributed by atoms with Gasteiger partial charge in [0.25, 0.3) is 0 Å². The molecule has 0 aliphatic heterocycles. The fourth-order valence-electron chi connectivity index (χ4n) is 2.73. The molecule has 166 valence electrons. The molecule has 0 aromatic heterocycles. The molecule has 0 unspecified atom stereocenters. The third-order valence-corrected chi connectivity index (χ3v) is 6.77. The molecule has 0 radical (unpaired) electrons. The van der Waals surface area contributed by atoms with Gasteiger partial charge in [0.15, 0.2) is 9.84 Å². The number of thioether (sulfide) groups is 1. The molecule has 2 rings (SSSR count). The van der Waals surface area contributed by atoms with Crippen LogP contribution in [0.3, 0.4) is 0 Å². The van der Waals surface area contributed by atoms with Crippen molar-refractivity contribution in [2.24, 2.45) is 0 Å². The second-order valence-corrected chi connectivity index (χ2v) is 10.6. The minimum atomic E-state index is -3.16. The molecule has 0 bridgehead atoms. The number of hydrogen-bond donors (Lipinski definition) is 0. The fourth-order valence-corrected chi connectivity index (χ4v) is 4.27. The zero-order valence-electron chi connectivity index (χ0n) is 18.2. The van der Waals surface area contributed by atoms with Crippen molar-refractivity contribution in [2.45, 2.75) is 42.4 Å². The van der Waals surface area contributed by atoms with Gasteiger partial charge in [-0.15, -0.1) is 11.8 Å². The maximum Gasteiger partial charge on any atom is 0.333 e. The highest BCUT2D eigenvalue weighted by Gasteiger charge is 2.05. The van der Waals surface area contributed by atoms with Gasteiger partial charge in [-0.2, -0.15) is 0 Å². The van der Waals surface area contributed by atoms with E-state index >= 15 is 0 Å². The third kappa shape index (κ3) is 9.57. The second kappa shape index (κ2) is 12.5. The first-order valence-electron chi connectivity index (χ1n) is 10.3. The lowest BCUT2D eigenvalue weighted by Crippen LogP contribution is -2.06. The lowest BCUT2D eigenvalue weighted by molar-refractivity contribution is -0.139. The predicted octanol–water partition coefficient (Wildman–Crippen LogP) is 6.03. The van der Waals surface area contributed by atoms with Crippen molar-refractivity contribution in [3.05, 3.63) is 71.8 Å². The van der Waals surface area contributed by atoms with Crippen LogP contribution >= 0.6 is 11.8 Å². The highest BCUT2D eigenvalue weighted by molar-refractivity contribution is 7.99. The van der Waals surface area contributed by atoms with E-state index in [1.54, 1.807) is 19.1 Å². The van der Waals surface area contributed by atoms with Crippen LogP contribution in [-0.2, 0) is 19.4 Å². The highest BCUT2D eigenvalue weighted by Crippen LogP contribution is 2.21. The van der Waals surface area contributed by atoms with Crippen LogP contribution in [0.15, 0.2) is 70.5 Å². The van der Waals surface area contributed by atoms with E-state index in [0.29, 0.717) is 17.1 Å². The monoisotopic (exact) mass is 458 g/mol. The van der Waals surface area contributed by atoms with Crippen LogP contribution in [0.1, 0.15) is 43.7 Å². The number of sulfone groups is 1. The summed E-state index contributed by atoms with van der Waals surface area (Å²) in [5.41, 5.74) is 2.50. The number of benzene rings is 2. The van der Waals surface area contributed by atoms with Crippen molar-refractivity contribution in [2.75, 3.05) is 18.6 Å².